The molecule has 4 nitrogen and oxygen atoms in total. The lowest BCUT2D eigenvalue weighted by molar-refractivity contribution is -0.137. The Hall–Kier alpha value is -2.00. The number of amides is 1. The predicted molar refractivity (Wildman–Crippen MR) is 91.5 cm³/mol. The lowest BCUT2D eigenvalue weighted by atomic mass is 10.1. The van der Waals surface area contributed by atoms with Crippen molar-refractivity contribution in [2.24, 2.45) is 0 Å². The van der Waals surface area contributed by atoms with Gasteiger partial charge in [-0.05, 0) is 62.2 Å². The fourth-order valence-corrected chi connectivity index (χ4v) is 3.42. The lowest BCUT2D eigenvalue weighted by Crippen LogP contribution is -2.28. The van der Waals surface area contributed by atoms with Crippen molar-refractivity contribution >= 4 is 43.5 Å². The molecule has 1 aliphatic rings. The minimum absolute atomic E-state index is 0.0253. The second kappa shape index (κ2) is 6.38. The third-order valence-electron chi connectivity index (χ3n) is 3.43. The molecular formula is C16H8Br2F3NO3. The molecule has 130 valence electrons. The molecule has 0 fully saturated rings. The molecule has 1 N–H and O–H groups in total. The maximum atomic E-state index is 13.0. The fourth-order valence-electron chi connectivity index (χ4n) is 2.23. The van der Waals surface area contributed by atoms with Gasteiger partial charge < -0.3 is 9.84 Å². The maximum Gasteiger partial charge on any atom is 0.416 e. The molecule has 1 amide bonds. The number of alkyl halides is 3. The minimum atomic E-state index is -4.55. The number of halogens is 5. The Bertz CT molecular complexity index is 874. The van der Waals surface area contributed by atoms with Gasteiger partial charge in [-0.1, -0.05) is 0 Å². The number of phenols is 1. The van der Waals surface area contributed by atoms with E-state index in [2.05, 4.69) is 31.9 Å². The van der Waals surface area contributed by atoms with Gasteiger partial charge in [0.2, 0.25) is 0 Å². The summed E-state index contributed by atoms with van der Waals surface area (Å²) in [6.07, 6.45) is -2.10. The molecule has 2 aromatic rings. The molecule has 3 rings (SSSR count). The van der Waals surface area contributed by atoms with Crippen LogP contribution in [-0.4, -0.2) is 11.0 Å². The van der Waals surface area contributed by atoms with Gasteiger partial charge >= 0.3 is 6.18 Å². The maximum absolute atomic E-state index is 13.0. The zero-order valence-corrected chi connectivity index (χ0v) is 15.3. The molecule has 0 spiro atoms. The van der Waals surface area contributed by atoms with Gasteiger partial charge in [-0.3, -0.25) is 9.69 Å². The largest absolute Gasteiger partial charge is 0.506 e. The highest BCUT2D eigenvalue weighted by atomic mass is 79.9. The van der Waals surface area contributed by atoms with Gasteiger partial charge in [0.15, 0.2) is 5.75 Å². The van der Waals surface area contributed by atoms with Crippen LogP contribution in [0.2, 0.25) is 0 Å². The first-order chi connectivity index (χ1) is 11.7. The van der Waals surface area contributed by atoms with Crippen molar-refractivity contribution in [1.82, 2.24) is 0 Å². The number of aromatic hydroxyl groups is 1. The summed E-state index contributed by atoms with van der Waals surface area (Å²) in [6, 6.07) is 5.64. The SMILES string of the molecule is O=C(c1cc(Br)c(O)c(Br)c1)N1C=COc2ccc(C(F)(F)F)cc21. The molecule has 0 saturated heterocycles. The summed E-state index contributed by atoms with van der Waals surface area (Å²) in [5.74, 6) is -0.545. The number of anilines is 1. The van der Waals surface area contributed by atoms with Gasteiger partial charge in [-0.15, -0.1) is 0 Å². The van der Waals surface area contributed by atoms with Crippen molar-refractivity contribution in [3.05, 3.63) is 62.9 Å². The van der Waals surface area contributed by atoms with E-state index >= 15 is 0 Å². The number of ether oxygens (including phenoxy) is 1. The van der Waals surface area contributed by atoms with E-state index in [4.69, 9.17) is 4.74 Å². The molecule has 0 saturated carbocycles. The monoisotopic (exact) mass is 477 g/mol. The Kier molecular flexibility index (Phi) is 4.54. The van der Waals surface area contributed by atoms with Crippen LogP contribution in [0, 0.1) is 0 Å². The van der Waals surface area contributed by atoms with E-state index in [1.807, 2.05) is 0 Å². The number of fused-ring (bicyclic) bond motifs is 1. The molecular weight excluding hydrogens is 471 g/mol. The molecule has 2 aromatic carbocycles. The second-order valence-corrected chi connectivity index (χ2v) is 6.76. The van der Waals surface area contributed by atoms with Crippen LogP contribution in [0.3, 0.4) is 0 Å². The molecule has 25 heavy (non-hydrogen) atoms. The van der Waals surface area contributed by atoms with E-state index in [1.54, 1.807) is 0 Å². The zero-order valence-electron chi connectivity index (χ0n) is 12.1. The molecule has 0 unspecified atom stereocenters. The summed E-state index contributed by atoms with van der Waals surface area (Å²) >= 11 is 6.23. The van der Waals surface area contributed by atoms with E-state index < -0.39 is 17.6 Å². The third-order valence-corrected chi connectivity index (χ3v) is 4.64. The van der Waals surface area contributed by atoms with Gasteiger partial charge in [0, 0.05) is 11.8 Å². The number of rotatable bonds is 1. The van der Waals surface area contributed by atoms with E-state index in [0.717, 1.165) is 23.1 Å². The van der Waals surface area contributed by atoms with Gasteiger partial charge in [0.1, 0.15) is 12.0 Å². The van der Waals surface area contributed by atoms with Crippen molar-refractivity contribution < 1.29 is 27.8 Å². The molecule has 0 atom stereocenters. The van der Waals surface area contributed by atoms with E-state index in [0.29, 0.717) is 0 Å². The average Bonchev–Trinajstić information content (AvgIpc) is 2.56. The van der Waals surface area contributed by atoms with Crippen LogP contribution in [0.1, 0.15) is 15.9 Å². The van der Waals surface area contributed by atoms with Crippen molar-refractivity contribution in [2.75, 3.05) is 4.90 Å². The highest BCUT2D eigenvalue weighted by Crippen LogP contribution is 2.40. The summed E-state index contributed by atoms with van der Waals surface area (Å²) in [4.78, 5) is 13.8. The van der Waals surface area contributed by atoms with Gasteiger partial charge in [-0.2, -0.15) is 13.2 Å². The summed E-state index contributed by atoms with van der Waals surface area (Å²) < 4.78 is 44.6. The fraction of sp³-hybridized carbons (Fsp3) is 0.0625. The molecule has 0 radical (unpaired) electrons. The molecule has 0 aromatic heterocycles. The molecule has 9 heteroatoms. The Morgan fingerprint density at radius 1 is 1.12 bits per heavy atom. The van der Waals surface area contributed by atoms with Crippen LogP contribution in [0.4, 0.5) is 18.9 Å². The molecule has 1 aliphatic heterocycles. The summed E-state index contributed by atoms with van der Waals surface area (Å²) in [6.45, 7) is 0. The molecule has 0 aliphatic carbocycles. The van der Waals surface area contributed by atoms with Crippen molar-refractivity contribution in [3.63, 3.8) is 0 Å². The Balaban J connectivity index is 2.06. The summed E-state index contributed by atoms with van der Waals surface area (Å²) in [5, 5.41) is 9.73. The van der Waals surface area contributed by atoms with Crippen molar-refractivity contribution in [2.45, 2.75) is 6.18 Å². The van der Waals surface area contributed by atoms with E-state index in [-0.39, 0.29) is 31.7 Å². The van der Waals surface area contributed by atoms with Crippen LogP contribution in [-0.2, 0) is 6.18 Å². The van der Waals surface area contributed by atoms with Crippen LogP contribution in [0.25, 0.3) is 0 Å². The van der Waals surface area contributed by atoms with Crippen LogP contribution in [0.5, 0.6) is 11.5 Å². The van der Waals surface area contributed by atoms with Crippen LogP contribution < -0.4 is 9.64 Å². The normalized spacial score (nSPS) is 13.4. The quantitative estimate of drug-likeness (QED) is 0.593. The topological polar surface area (TPSA) is 49.8 Å². The first-order valence-electron chi connectivity index (χ1n) is 6.74. The number of benzene rings is 2. The zero-order chi connectivity index (χ0) is 18.4. The minimum Gasteiger partial charge on any atom is -0.506 e. The van der Waals surface area contributed by atoms with Crippen molar-refractivity contribution in [3.8, 4) is 11.5 Å². The Morgan fingerprint density at radius 2 is 1.76 bits per heavy atom. The number of hydrogen-bond acceptors (Lipinski definition) is 3. The highest BCUT2D eigenvalue weighted by Gasteiger charge is 2.33. The number of hydrogen-bond donors (Lipinski definition) is 1. The number of phenolic OH excluding ortho intramolecular Hbond substituents is 1. The Morgan fingerprint density at radius 3 is 2.36 bits per heavy atom. The molecule has 1 heterocycles. The van der Waals surface area contributed by atoms with Crippen LogP contribution >= 0.6 is 31.9 Å². The van der Waals surface area contributed by atoms with Gasteiger partial charge in [0.05, 0.1) is 20.2 Å². The highest BCUT2D eigenvalue weighted by molar-refractivity contribution is 9.11. The average molecular weight is 479 g/mol. The summed E-state index contributed by atoms with van der Waals surface area (Å²) in [7, 11) is 0. The summed E-state index contributed by atoms with van der Waals surface area (Å²) in [5.41, 5.74) is -0.759. The number of carbonyl (C=O) groups is 1. The molecule has 0 bridgehead atoms. The smallest absolute Gasteiger partial charge is 0.416 e. The van der Waals surface area contributed by atoms with Gasteiger partial charge in [0.25, 0.3) is 5.91 Å². The van der Waals surface area contributed by atoms with Crippen molar-refractivity contribution in [1.29, 1.82) is 0 Å². The second-order valence-electron chi connectivity index (χ2n) is 5.05. The van der Waals surface area contributed by atoms with Crippen LogP contribution in [0.15, 0.2) is 51.7 Å². The van der Waals surface area contributed by atoms with Gasteiger partial charge in [-0.25, -0.2) is 0 Å². The predicted octanol–water partition coefficient (Wildman–Crippen LogP) is 5.45. The lowest BCUT2D eigenvalue weighted by Gasteiger charge is -2.25. The number of carbonyl (C=O) groups excluding carboxylic acids is 1. The number of nitrogens with zero attached hydrogens (tertiary/aromatic N) is 1. The Labute approximate surface area is 156 Å². The first kappa shape index (κ1) is 17.8. The first-order valence-corrected chi connectivity index (χ1v) is 8.33. The standard InChI is InChI=1S/C16H8Br2F3NO3/c17-10-5-8(6-11(18)14(10)23)15(24)22-3-4-25-13-2-1-9(7-12(13)22)16(19,20)21/h1-7,23H. The third kappa shape index (κ3) is 3.38. The van der Waals surface area contributed by atoms with E-state index in [9.17, 15) is 23.1 Å². The van der Waals surface area contributed by atoms with E-state index in [1.165, 1.54) is 24.6 Å².